The molecule has 0 aromatic rings. The average molecular weight is 672 g/mol. The highest BCUT2D eigenvalue weighted by atomic mass is 32.1. The molecular weight excluding hydrogens is 599 g/mol. The first-order valence-electron chi connectivity index (χ1n) is 17.6. The summed E-state index contributed by atoms with van der Waals surface area (Å²) in [6, 6.07) is 0.0676. The van der Waals surface area contributed by atoms with Crippen LogP contribution in [0.3, 0.4) is 0 Å². The van der Waals surface area contributed by atoms with E-state index in [1.54, 1.807) is 6.08 Å². The fourth-order valence-corrected chi connectivity index (χ4v) is 4.25. The van der Waals surface area contributed by atoms with Crippen molar-refractivity contribution in [2.45, 2.75) is 120 Å². The first kappa shape index (κ1) is 53.8. The Hall–Kier alpha value is -3.67. The number of thiol groups is 1. The van der Waals surface area contributed by atoms with Crippen LogP contribution in [0.15, 0.2) is 157 Å². The Labute approximate surface area is 306 Å². The van der Waals surface area contributed by atoms with Crippen molar-refractivity contribution in [2.75, 3.05) is 0 Å². The summed E-state index contributed by atoms with van der Waals surface area (Å²) < 4.78 is 0. The lowest BCUT2D eigenvalue weighted by atomic mass is 10.00. The summed E-state index contributed by atoms with van der Waals surface area (Å²) in [5.74, 6) is 2.74. The molecule has 0 spiro atoms. The smallest absolute Gasteiger partial charge is 0.0628 e. The predicted octanol–water partition coefficient (Wildman–Crippen LogP) is 14.9. The van der Waals surface area contributed by atoms with E-state index in [2.05, 4.69) is 145 Å². The number of allylic oxidation sites excluding steroid dienone is 19. The molecule has 48 heavy (non-hydrogen) atoms. The molecule has 1 N–H and O–H groups in total. The van der Waals surface area contributed by atoms with Gasteiger partial charge in [-0.1, -0.05) is 156 Å². The Balaban J connectivity index is -0.000000711. The van der Waals surface area contributed by atoms with Gasteiger partial charge in [0.05, 0.1) is 6.04 Å². The Morgan fingerprint density at radius 2 is 1.48 bits per heavy atom. The zero-order valence-electron chi connectivity index (χ0n) is 32.5. The van der Waals surface area contributed by atoms with Crippen LogP contribution in [0.4, 0.5) is 0 Å². The van der Waals surface area contributed by atoms with Gasteiger partial charge < -0.3 is 5.32 Å². The van der Waals surface area contributed by atoms with Crippen LogP contribution in [-0.4, -0.2) is 6.04 Å². The summed E-state index contributed by atoms with van der Waals surface area (Å²) in [6.07, 6.45) is 46.8. The molecule has 0 aromatic heterocycles. The molecule has 0 rings (SSSR count). The normalized spacial score (nSPS) is 13.1. The molecule has 0 saturated carbocycles. The zero-order valence-corrected chi connectivity index (χ0v) is 33.4. The van der Waals surface area contributed by atoms with E-state index in [1.165, 1.54) is 22.4 Å². The number of nitrogens with one attached hydrogen (secondary N) is 1. The van der Waals surface area contributed by atoms with Crippen LogP contribution in [0.1, 0.15) is 114 Å². The summed E-state index contributed by atoms with van der Waals surface area (Å²) in [5, 5.41) is 3.85. The zero-order chi connectivity index (χ0) is 37.8. The van der Waals surface area contributed by atoms with E-state index in [0.29, 0.717) is 6.42 Å². The van der Waals surface area contributed by atoms with Gasteiger partial charge in [-0.05, 0) is 76.2 Å². The molecule has 1 unspecified atom stereocenters. The lowest BCUT2D eigenvalue weighted by molar-refractivity contribution is 0.696. The van der Waals surface area contributed by atoms with Crippen LogP contribution < -0.4 is 5.32 Å². The minimum absolute atomic E-state index is 0.0676. The fraction of sp³-hybridized carbons (Fsp3) is 0.391. The summed E-state index contributed by atoms with van der Waals surface area (Å²) in [4.78, 5) is 1.03. The Morgan fingerprint density at radius 1 is 0.812 bits per heavy atom. The molecule has 0 saturated heterocycles. The van der Waals surface area contributed by atoms with Crippen LogP contribution in [0.5, 0.6) is 0 Å². The lowest BCUT2D eigenvalue weighted by Gasteiger charge is -2.20. The average Bonchev–Trinajstić information content (AvgIpc) is 3.13. The SMILES string of the molecule is C#CC/C(S)=C(\CC)CC/C(NC(C=C/C=C\C=C)/C=C/CC=C(/C=C\C=C/C)/C=C\CC)=C(\C)CC/C=C\C.C=C.C=C.CC.CC. The maximum Gasteiger partial charge on any atom is 0.0628 e. The molecule has 268 valence electrons. The van der Waals surface area contributed by atoms with Crippen molar-refractivity contribution in [3.05, 3.63) is 157 Å². The molecule has 0 amide bonds. The van der Waals surface area contributed by atoms with E-state index in [0.717, 1.165) is 49.9 Å². The highest BCUT2D eigenvalue weighted by Crippen LogP contribution is 2.24. The highest BCUT2D eigenvalue weighted by molar-refractivity contribution is 7.84. The Bertz CT molecular complexity index is 1090. The van der Waals surface area contributed by atoms with Crippen LogP contribution >= 0.6 is 12.6 Å². The summed E-state index contributed by atoms with van der Waals surface area (Å²) >= 11 is 4.70. The lowest BCUT2D eigenvalue weighted by Crippen LogP contribution is -2.26. The van der Waals surface area contributed by atoms with Gasteiger partial charge in [-0.25, -0.2) is 0 Å². The number of terminal acetylenes is 1. The molecule has 0 bridgehead atoms. The molecule has 0 aromatic carbocycles. The summed E-state index contributed by atoms with van der Waals surface area (Å²) in [5.41, 5.74) is 5.23. The van der Waals surface area contributed by atoms with Gasteiger partial charge in [-0.3, -0.25) is 0 Å². The predicted molar refractivity (Wildman–Crippen MR) is 232 cm³/mol. The molecule has 0 fully saturated rings. The Kier molecular flexibility index (Phi) is 53.5. The minimum Gasteiger partial charge on any atom is -0.379 e. The van der Waals surface area contributed by atoms with Gasteiger partial charge in [0.1, 0.15) is 0 Å². The van der Waals surface area contributed by atoms with Gasteiger partial charge >= 0.3 is 0 Å². The largest absolute Gasteiger partial charge is 0.379 e. The molecule has 0 heterocycles. The van der Waals surface area contributed by atoms with Crippen molar-refractivity contribution in [1.82, 2.24) is 5.32 Å². The first-order valence-corrected chi connectivity index (χ1v) is 18.1. The number of rotatable bonds is 20. The second-order valence-electron chi connectivity index (χ2n) is 9.39. The third-order valence-electron chi connectivity index (χ3n) is 6.21. The van der Waals surface area contributed by atoms with Crippen LogP contribution in [0.25, 0.3) is 0 Å². The molecule has 0 aliphatic carbocycles. The number of hydrogen-bond donors (Lipinski definition) is 2. The second-order valence-corrected chi connectivity index (χ2v) is 9.93. The molecule has 0 aliphatic rings. The molecule has 2 heteroatoms. The van der Waals surface area contributed by atoms with E-state index >= 15 is 0 Å². The van der Waals surface area contributed by atoms with Gasteiger partial charge in [-0.2, -0.15) is 0 Å². The van der Waals surface area contributed by atoms with Crippen LogP contribution in [-0.2, 0) is 0 Å². The first-order chi connectivity index (χ1) is 23.5. The van der Waals surface area contributed by atoms with Gasteiger partial charge in [-0.15, -0.1) is 51.3 Å². The van der Waals surface area contributed by atoms with Crippen molar-refractivity contribution in [3.8, 4) is 12.3 Å². The highest BCUT2D eigenvalue weighted by Gasteiger charge is 2.10. The number of hydrogen-bond acceptors (Lipinski definition) is 2. The summed E-state index contributed by atoms with van der Waals surface area (Å²) in [6.45, 7) is 34.5. The van der Waals surface area contributed by atoms with Crippen LogP contribution in [0.2, 0.25) is 0 Å². The van der Waals surface area contributed by atoms with E-state index in [9.17, 15) is 0 Å². The maximum atomic E-state index is 5.56. The van der Waals surface area contributed by atoms with Crippen molar-refractivity contribution >= 4 is 12.6 Å². The summed E-state index contributed by atoms with van der Waals surface area (Å²) in [7, 11) is 0. The van der Waals surface area contributed by atoms with Crippen molar-refractivity contribution in [2.24, 2.45) is 0 Å². The van der Waals surface area contributed by atoms with Crippen molar-refractivity contribution < 1.29 is 0 Å². The molecule has 0 aliphatic heterocycles. The van der Waals surface area contributed by atoms with Crippen molar-refractivity contribution in [3.63, 3.8) is 0 Å². The van der Waals surface area contributed by atoms with Gasteiger partial charge in [0, 0.05) is 12.1 Å². The molecule has 1 nitrogen and oxygen atoms in total. The Morgan fingerprint density at radius 3 is 2.02 bits per heavy atom. The van der Waals surface area contributed by atoms with Crippen LogP contribution in [0, 0.1) is 12.3 Å². The molecular formula is C46H73NS. The molecule has 1 atom stereocenters. The third kappa shape index (κ3) is 35.2. The third-order valence-corrected chi connectivity index (χ3v) is 6.68. The standard InChI is InChI=1S/C38H53NS.2C2H6.2C2H4/c1-8-14-18-21-29-36(30-23-22-28-34(26-17-11-4)27-20-16-10-3)39-37(33(7)25-19-15-9-2)32-31-35(13-6)38(40)24-12-5;4*1-2/h5,8-10,14-18,20-21,23,26-30,36,39-40H,1,11,13,19,22,24-25,31-32H2,2-4,6-7H3;2*1-2H3;2*1-2H2/b15-9-,16-10-,18-14-,26-17-,27-20-,29-21?,30-23+,34-28?,37-33-,38-35-;;;;. The minimum atomic E-state index is 0.0676. The molecule has 0 radical (unpaired) electrons. The van der Waals surface area contributed by atoms with Gasteiger partial charge in [0.15, 0.2) is 0 Å². The maximum absolute atomic E-state index is 5.56. The van der Waals surface area contributed by atoms with E-state index in [-0.39, 0.29) is 6.04 Å². The monoisotopic (exact) mass is 672 g/mol. The van der Waals surface area contributed by atoms with Gasteiger partial charge in [0.2, 0.25) is 0 Å². The topological polar surface area (TPSA) is 12.0 Å². The quantitative estimate of drug-likeness (QED) is 0.0568. The second kappa shape index (κ2) is 47.7. The van der Waals surface area contributed by atoms with E-state index in [4.69, 9.17) is 19.1 Å². The fourth-order valence-electron chi connectivity index (χ4n) is 3.89. The van der Waals surface area contributed by atoms with E-state index in [1.807, 2.05) is 52.8 Å². The van der Waals surface area contributed by atoms with Gasteiger partial charge in [0.25, 0.3) is 0 Å². The van der Waals surface area contributed by atoms with E-state index < -0.39 is 0 Å². The van der Waals surface area contributed by atoms with Crippen molar-refractivity contribution in [1.29, 1.82) is 0 Å².